The van der Waals surface area contributed by atoms with Crippen LogP contribution in [0.3, 0.4) is 0 Å². The molecule has 1 rings (SSSR count). The predicted octanol–water partition coefficient (Wildman–Crippen LogP) is 6.48. The minimum Gasteiger partial charge on any atom is -0.547 e. The average molecular weight is 389 g/mol. The summed E-state index contributed by atoms with van der Waals surface area (Å²) in [5, 5.41) is 12.2. The molecule has 0 aromatic carbocycles. The fourth-order valence-electron chi connectivity index (χ4n) is 3.71. The fraction of sp³-hybridized carbons (Fsp3) is 0.905. The Hall–Kier alpha value is 0.00688. The van der Waals surface area contributed by atoms with Crippen LogP contribution in [0.1, 0.15) is 80.1 Å². The Morgan fingerprint density at radius 3 is 2.28 bits per heavy atom. The summed E-state index contributed by atoms with van der Waals surface area (Å²) in [4.78, 5) is 0. The third-order valence-electron chi connectivity index (χ3n) is 5.42. The smallest absolute Gasteiger partial charge is 0.229 e. The number of halogens is 1. The van der Waals surface area contributed by atoms with Crippen molar-refractivity contribution < 1.29 is 9.53 Å². The van der Waals surface area contributed by atoms with E-state index in [9.17, 15) is 5.11 Å². The van der Waals surface area contributed by atoms with E-state index in [2.05, 4.69) is 54.6 Å². The molecule has 0 radical (unpaired) electrons. The van der Waals surface area contributed by atoms with E-state index < -0.39 is 14.6 Å². The summed E-state index contributed by atoms with van der Waals surface area (Å²) in [6, 6.07) is 0. The number of allylic oxidation sites excluding steroid dienone is 1. The third kappa shape index (κ3) is 6.91. The second-order valence-electron chi connectivity index (χ2n) is 9.97. The molecule has 1 N–H and O–H groups in total. The summed E-state index contributed by atoms with van der Waals surface area (Å²) in [6.45, 7) is 17.7. The highest BCUT2D eigenvalue weighted by atomic mass is 35.5. The summed E-state index contributed by atoms with van der Waals surface area (Å²) >= 11 is 6.71. The summed E-state index contributed by atoms with van der Waals surface area (Å²) in [5.74, 6) is 2.28. The van der Waals surface area contributed by atoms with Gasteiger partial charge in [-0.15, -0.1) is 0 Å². The molecule has 0 saturated carbocycles. The molecule has 0 fully saturated rings. The maximum atomic E-state index is 11.4. The molecule has 0 bridgehead atoms. The summed E-state index contributed by atoms with van der Waals surface area (Å²) in [6.07, 6.45) is 6.30. The lowest BCUT2D eigenvalue weighted by molar-refractivity contribution is 0.0160. The van der Waals surface area contributed by atoms with Gasteiger partial charge in [0.15, 0.2) is 0 Å². The van der Waals surface area contributed by atoms with Gasteiger partial charge in [0.05, 0.1) is 5.03 Å². The maximum absolute atomic E-state index is 11.4. The second-order valence-corrected chi connectivity index (χ2v) is 12.7. The van der Waals surface area contributed by atoms with Crippen molar-refractivity contribution in [3.8, 4) is 0 Å². The van der Waals surface area contributed by atoms with Gasteiger partial charge in [0.25, 0.3) is 0 Å². The van der Waals surface area contributed by atoms with Crippen LogP contribution in [0, 0.1) is 23.2 Å². The van der Waals surface area contributed by atoms with Gasteiger partial charge >= 0.3 is 0 Å². The van der Waals surface area contributed by atoms with Crippen LogP contribution in [0.15, 0.2) is 10.8 Å². The molecule has 25 heavy (non-hydrogen) atoms. The first-order valence-corrected chi connectivity index (χ1v) is 13.3. The fourth-order valence-corrected chi connectivity index (χ4v) is 5.23. The van der Waals surface area contributed by atoms with E-state index >= 15 is 0 Å². The van der Waals surface area contributed by atoms with Crippen molar-refractivity contribution in [2.75, 3.05) is 0 Å². The second kappa shape index (κ2) is 9.28. The number of aliphatic hydroxyl groups is 1. The molecular weight excluding hydrogens is 348 g/mol. The van der Waals surface area contributed by atoms with Crippen molar-refractivity contribution in [2.45, 2.75) is 98.8 Å². The first-order valence-electron chi connectivity index (χ1n) is 10.2. The molecule has 0 saturated heterocycles. The first-order chi connectivity index (χ1) is 11.4. The highest BCUT2D eigenvalue weighted by molar-refractivity contribution is 6.49. The zero-order chi connectivity index (χ0) is 19.4. The van der Waals surface area contributed by atoms with Gasteiger partial charge in [-0.25, -0.2) is 0 Å². The monoisotopic (exact) mass is 388 g/mol. The van der Waals surface area contributed by atoms with Crippen LogP contribution in [-0.4, -0.2) is 19.7 Å². The molecule has 0 aromatic heterocycles. The summed E-state index contributed by atoms with van der Waals surface area (Å²) < 4.78 is 6.15. The molecule has 3 atom stereocenters. The molecule has 1 aliphatic rings. The van der Waals surface area contributed by atoms with Crippen LogP contribution in [-0.2, 0) is 4.43 Å². The van der Waals surface area contributed by atoms with E-state index in [0.717, 1.165) is 23.8 Å². The van der Waals surface area contributed by atoms with Crippen LogP contribution in [0.25, 0.3) is 0 Å². The van der Waals surface area contributed by atoms with E-state index in [1.165, 1.54) is 19.3 Å². The van der Waals surface area contributed by atoms with E-state index in [-0.39, 0.29) is 11.3 Å². The van der Waals surface area contributed by atoms with Crippen molar-refractivity contribution in [2.24, 2.45) is 23.2 Å². The van der Waals surface area contributed by atoms with E-state index in [1.54, 1.807) is 0 Å². The molecule has 1 aliphatic carbocycles. The van der Waals surface area contributed by atoms with Gasteiger partial charge in [0, 0.05) is 5.92 Å². The standard InChI is InChI=1S/C21H41ClO2Si/c1-15(2)10-9-11-16(3)12-13-21(23)14-17(20(4,5)6)18(22)19(21)24-25(7)8/h15-17,23,25H,9-14H2,1-8H3. The predicted molar refractivity (Wildman–Crippen MR) is 112 cm³/mol. The van der Waals surface area contributed by atoms with Gasteiger partial charge in [0.1, 0.15) is 11.4 Å². The Bertz CT molecular complexity index is 453. The van der Waals surface area contributed by atoms with Crippen molar-refractivity contribution in [1.82, 2.24) is 0 Å². The van der Waals surface area contributed by atoms with Crippen LogP contribution in [0.2, 0.25) is 13.1 Å². The Kier molecular flexibility index (Phi) is 8.55. The number of rotatable bonds is 9. The third-order valence-corrected chi connectivity index (χ3v) is 6.56. The normalized spacial score (nSPS) is 26.0. The Labute approximate surface area is 163 Å². The molecular formula is C21H41ClO2Si. The summed E-state index contributed by atoms with van der Waals surface area (Å²) in [7, 11) is -1.31. The van der Waals surface area contributed by atoms with Crippen LogP contribution < -0.4 is 0 Å². The molecule has 0 aliphatic heterocycles. The van der Waals surface area contributed by atoms with Crippen LogP contribution in [0.4, 0.5) is 0 Å². The summed E-state index contributed by atoms with van der Waals surface area (Å²) in [5.41, 5.74) is -0.837. The molecule has 2 nitrogen and oxygen atoms in total. The zero-order valence-corrected chi connectivity index (χ0v) is 19.7. The van der Waals surface area contributed by atoms with Gasteiger partial charge in [0.2, 0.25) is 9.04 Å². The van der Waals surface area contributed by atoms with Gasteiger partial charge in [-0.2, -0.15) is 0 Å². The average Bonchev–Trinajstić information content (AvgIpc) is 2.70. The van der Waals surface area contributed by atoms with Gasteiger partial charge in [-0.3, -0.25) is 0 Å². The van der Waals surface area contributed by atoms with Crippen molar-refractivity contribution in [3.63, 3.8) is 0 Å². The Morgan fingerprint density at radius 1 is 1.20 bits per heavy atom. The molecule has 3 unspecified atom stereocenters. The molecule has 148 valence electrons. The van der Waals surface area contributed by atoms with E-state index in [1.807, 2.05) is 0 Å². The number of hydrogen-bond donors (Lipinski definition) is 1. The lowest BCUT2D eigenvalue weighted by Gasteiger charge is -2.31. The lowest BCUT2D eigenvalue weighted by atomic mass is 9.77. The topological polar surface area (TPSA) is 29.5 Å². The van der Waals surface area contributed by atoms with Gasteiger partial charge < -0.3 is 9.53 Å². The quantitative estimate of drug-likeness (QED) is 0.458. The molecule has 4 heteroatoms. The van der Waals surface area contributed by atoms with Gasteiger partial charge in [-0.1, -0.05) is 72.4 Å². The highest BCUT2D eigenvalue weighted by Gasteiger charge is 2.49. The van der Waals surface area contributed by atoms with E-state index in [4.69, 9.17) is 16.0 Å². The molecule has 0 aromatic rings. The zero-order valence-electron chi connectivity index (χ0n) is 17.8. The molecule has 0 amide bonds. The Morgan fingerprint density at radius 2 is 1.80 bits per heavy atom. The maximum Gasteiger partial charge on any atom is 0.229 e. The van der Waals surface area contributed by atoms with Crippen molar-refractivity contribution in [3.05, 3.63) is 10.8 Å². The van der Waals surface area contributed by atoms with E-state index in [0.29, 0.717) is 18.1 Å². The SMILES string of the molecule is CC(C)CCCC(C)CCC1(O)CC(C(C)(C)C)C(Cl)=C1O[SiH](C)C. The van der Waals surface area contributed by atoms with Gasteiger partial charge in [-0.05, 0) is 49.6 Å². The van der Waals surface area contributed by atoms with Crippen molar-refractivity contribution >= 4 is 20.6 Å². The minimum atomic E-state index is -1.31. The van der Waals surface area contributed by atoms with Crippen molar-refractivity contribution in [1.29, 1.82) is 0 Å². The van der Waals surface area contributed by atoms with Crippen LogP contribution >= 0.6 is 11.6 Å². The highest BCUT2D eigenvalue weighted by Crippen LogP contribution is 2.51. The lowest BCUT2D eigenvalue weighted by Crippen LogP contribution is -2.33. The molecule has 0 spiro atoms. The Balaban J connectivity index is 2.78. The largest absolute Gasteiger partial charge is 0.547 e. The minimum absolute atomic E-state index is 0.0393. The number of hydrogen-bond acceptors (Lipinski definition) is 2. The molecule has 0 heterocycles. The first kappa shape index (κ1) is 23.0. The van der Waals surface area contributed by atoms with Crippen LogP contribution in [0.5, 0.6) is 0 Å².